The summed E-state index contributed by atoms with van der Waals surface area (Å²) < 4.78 is 5.38. The molecule has 1 aromatic carbocycles. The van der Waals surface area contributed by atoms with Gasteiger partial charge < -0.3 is 26.0 Å². The van der Waals surface area contributed by atoms with Crippen molar-refractivity contribution < 1.29 is 14.3 Å². The summed E-state index contributed by atoms with van der Waals surface area (Å²) in [6, 6.07) is 6.95. The molecule has 0 atom stereocenters. The van der Waals surface area contributed by atoms with E-state index >= 15 is 0 Å². The van der Waals surface area contributed by atoms with Crippen molar-refractivity contribution in [1.82, 2.24) is 9.80 Å². The first-order valence-corrected chi connectivity index (χ1v) is 8.57. The highest BCUT2D eigenvalue weighted by Crippen LogP contribution is 2.12. The molecule has 2 amide bonds. The Morgan fingerprint density at radius 2 is 1.56 bits per heavy atom. The van der Waals surface area contributed by atoms with Gasteiger partial charge in [-0.25, -0.2) is 9.79 Å². The minimum atomic E-state index is -0.501. The van der Waals surface area contributed by atoms with Crippen LogP contribution in [-0.4, -0.2) is 59.5 Å². The number of nitrogens with two attached hydrogens (primary N) is 2. The average molecular weight is 489 g/mol. The molecule has 8 nitrogen and oxygen atoms in total. The normalized spacial score (nSPS) is 15.1. The maximum atomic E-state index is 12.1. The molecule has 4 N–H and O–H groups in total. The fourth-order valence-corrected chi connectivity index (χ4v) is 2.49. The minimum absolute atomic E-state index is 0. The molecular weight excluding hydrogens is 461 g/mol. The molecule has 2 rings (SSSR count). The number of piperazine rings is 1. The van der Waals surface area contributed by atoms with Crippen molar-refractivity contribution in [2.75, 3.05) is 26.2 Å². The number of rotatable bonds is 3. The van der Waals surface area contributed by atoms with Crippen LogP contribution in [0.15, 0.2) is 29.3 Å². The van der Waals surface area contributed by atoms with E-state index in [0.29, 0.717) is 44.2 Å². The third-order valence-corrected chi connectivity index (χ3v) is 3.92. The summed E-state index contributed by atoms with van der Waals surface area (Å²) in [6.07, 6.45) is -0.304. The van der Waals surface area contributed by atoms with Crippen molar-refractivity contribution in [3.63, 3.8) is 0 Å². The minimum Gasteiger partial charge on any atom is -0.444 e. The lowest BCUT2D eigenvalue weighted by Gasteiger charge is -2.36. The smallest absolute Gasteiger partial charge is 0.410 e. The lowest BCUT2D eigenvalue weighted by molar-refractivity contribution is 0.0186. The van der Waals surface area contributed by atoms with Crippen molar-refractivity contribution in [3.05, 3.63) is 35.4 Å². The van der Waals surface area contributed by atoms with Gasteiger partial charge in [0.2, 0.25) is 5.91 Å². The Bertz CT molecular complexity index is 677. The van der Waals surface area contributed by atoms with Crippen LogP contribution < -0.4 is 11.5 Å². The maximum Gasteiger partial charge on any atom is 0.410 e. The predicted molar refractivity (Wildman–Crippen MR) is 115 cm³/mol. The number of carbonyl (C=O) groups excluding carboxylic acids is 2. The number of hydrogen-bond donors (Lipinski definition) is 2. The number of primary amides is 1. The molecule has 0 radical (unpaired) electrons. The van der Waals surface area contributed by atoms with Crippen LogP contribution in [0, 0.1) is 0 Å². The summed E-state index contributed by atoms with van der Waals surface area (Å²) in [5.41, 5.74) is 12.2. The van der Waals surface area contributed by atoms with Crippen molar-refractivity contribution >= 4 is 41.9 Å². The van der Waals surface area contributed by atoms with E-state index in [9.17, 15) is 9.59 Å². The topological polar surface area (TPSA) is 114 Å². The maximum absolute atomic E-state index is 12.1. The first-order valence-electron chi connectivity index (χ1n) is 8.57. The number of nitrogens with zero attached hydrogens (tertiary/aromatic N) is 3. The Morgan fingerprint density at radius 3 is 2.04 bits per heavy atom. The van der Waals surface area contributed by atoms with E-state index in [4.69, 9.17) is 16.2 Å². The number of carbonyl (C=O) groups is 2. The van der Waals surface area contributed by atoms with Crippen LogP contribution in [0.2, 0.25) is 0 Å². The fraction of sp³-hybridized carbons (Fsp3) is 0.500. The Kier molecular flexibility index (Phi) is 8.32. The van der Waals surface area contributed by atoms with Crippen molar-refractivity contribution in [1.29, 1.82) is 0 Å². The standard InChI is InChI=1S/C18H27N5O3.HI/c1-18(2,3)26-17(25)23-10-8-22(9-11-23)16(20)21-12-13-4-6-14(7-5-13)15(19)24;/h4-7H,8-12H2,1-3H3,(H2,19,24)(H2,20,21);1H. The van der Waals surface area contributed by atoms with Gasteiger partial charge in [0.05, 0.1) is 6.54 Å². The predicted octanol–water partition coefficient (Wildman–Crippen LogP) is 1.77. The van der Waals surface area contributed by atoms with E-state index in [1.54, 1.807) is 29.2 Å². The van der Waals surface area contributed by atoms with Crippen LogP contribution in [0.5, 0.6) is 0 Å². The number of aliphatic imine (C=N–C) groups is 1. The highest BCUT2D eigenvalue weighted by atomic mass is 127. The summed E-state index contributed by atoms with van der Waals surface area (Å²) in [6.45, 7) is 8.25. The largest absolute Gasteiger partial charge is 0.444 e. The van der Waals surface area contributed by atoms with Gasteiger partial charge in [-0.15, -0.1) is 24.0 Å². The number of amides is 2. The van der Waals surface area contributed by atoms with Crippen LogP contribution in [0.25, 0.3) is 0 Å². The van der Waals surface area contributed by atoms with E-state index in [1.165, 1.54) is 0 Å². The summed E-state index contributed by atoms with van der Waals surface area (Å²) in [7, 11) is 0. The van der Waals surface area contributed by atoms with Gasteiger partial charge in [-0.05, 0) is 38.5 Å². The van der Waals surface area contributed by atoms with Crippen LogP contribution in [0.4, 0.5) is 4.79 Å². The molecule has 0 spiro atoms. The zero-order chi connectivity index (χ0) is 19.3. The Morgan fingerprint density at radius 1 is 1.04 bits per heavy atom. The molecule has 1 aromatic rings. The first-order chi connectivity index (χ1) is 12.2. The molecule has 1 aliphatic heterocycles. The van der Waals surface area contributed by atoms with Gasteiger partial charge in [0.1, 0.15) is 5.60 Å². The molecule has 1 fully saturated rings. The molecule has 9 heteroatoms. The summed E-state index contributed by atoms with van der Waals surface area (Å²) in [5, 5.41) is 0. The van der Waals surface area contributed by atoms with Crippen LogP contribution >= 0.6 is 24.0 Å². The van der Waals surface area contributed by atoms with Gasteiger partial charge in [0.15, 0.2) is 5.96 Å². The number of benzene rings is 1. The first kappa shape index (κ1) is 23.0. The summed E-state index contributed by atoms with van der Waals surface area (Å²) in [4.78, 5) is 31.1. The molecule has 1 heterocycles. The van der Waals surface area contributed by atoms with Crippen molar-refractivity contribution in [3.8, 4) is 0 Å². The Balaban J connectivity index is 0.00000364. The fourth-order valence-electron chi connectivity index (χ4n) is 2.49. The van der Waals surface area contributed by atoms with E-state index in [2.05, 4.69) is 4.99 Å². The average Bonchev–Trinajstić information content (AvgIpc) is 2.58. The molecule has 0 bridgehead atoms. The van der Waals surface area contributed by atoms with Crippen molar-refractivity contribution in [2.24, 2.45) is 16.5 Å². The lowest BCUT2D eigenvalue weighted by Crippen LogP contribution is -2.53. The second kappa shape index (κ2) is 9.77. The zero-order valence-electron chi connectivity index (χ0n) is 16.0. The molecule has 0 aliphatic carbocycles. The molecule has 150 valence electrons. The monoisotopic (exact) mass is 489 g/mol. The molecule has 0 saturated carbocycles. The van der Waals surface area contributed by atoms with Gasteiger partial charge in [-0.3, -0.25) is 4.79 Å². The van der Waals surface area contributed by atoms with Crippen molar-refractivity contribution in [2.45, 2.75) is 32.9 Å². The summed E-state index contributed by atoms with van der Waals surface area (Å²) in [5.74, 6) is -0.0183. The quantitative estimate of drug-likeness (QED) is 0.382. The SMILES string of the molecule is CC(C)(C)OC(=O)N1CCN(C(N)=NCc2ccc(C(N)=O)cc2)CC1.I. The number of ether oxygens (including phenoxy) is 1. The van der Waals surface area contributed by atoms with Crippen LogP contribution in [0.1, 0.15) is 36.7 Å². The number of halogens is 1. The molecule has 0 aromatic heterocycles. The second-order valence-electron chi connectivity index (χ2n) is 7.19. The number of hydrogen-bond acceptors (Lipinski definition) is 4. The Hall–Kier alpha value is -2.04. The van der Waals surface area contributed by atoms with Gasteiger partial charge in [-0.2, -0.15) is 0 Å². The lowest BCUT2D eigenvalue weighted by atomic mass is 10.1. The molecule has 1 saturated heterocycles. The van der Waals surface area contributed by atoms with Gasteiger partial charge in [0.25, 0.3) is 0 Å². The zero-order valence-corrected chi connectivity index (χ0v) is 18.3. The third kappa shape index (κ3) is 7.24. The van der Waals surface area contributed by atoms with Gasteiger partial charge in [-0.1, -0.05) is 12.1 Å². The van der Waals surface area contributed by atoms with Crippen LogP contribution in [-0.2, 0) is 11.3 Å². The van der Waals surface area contributed by atoms with E-state index < -0.39 is 11.5 Å². The molecule has 0 unspecified atom stereocenters. The second-order valence-corrected chi connectivity index (χ2v) is 7.19. The van der Waals surface area contributed by atoms with Gasteiger partial charge in [0, 0.05) is 31.7 Å². The van der Waals surface area contributed by atoms with Crippen LogP contribution in [0.3, 0.4) is 0 Å². The molecule has 1 aliphatic rings. The van der Waals surface area contributed by atoms with E-state index in [0.717, 1.165) is 5.56 Å². The molecular formula is C18H28IN5O3. The third-order valence-electron chi connectivity index (χ3n) is 3.92. The highest BCUT2D eigenvalue weighted by molar-refractivity contribution is 14.0. The van der Waals surface area contributed by atoms with Gasteiger partial charge >= 0.3 is 6.09 Å². The van der Waals surface area contributed by atoms with E-state index in [-0.39, 0.29) is 30.1 Å². The highest BCUT2D eigenvalue weighted by Gasteiger charge is 2.26. The Labute approximate surface area is 176 Å². The van der Waals surface area contributed by atoms with E-state index in [1.807, 2.05) is 25.7 Å². The number of guanidine groups is 1. The molecule has 27 heavy (non-hydrogen) atoms. The summed E-state index contributed by atoms with van der Waals surface area (Å²) >= 11 is 0.